The minimum atomic E-state index is -0.497. The molecule has 0 saturated carbocycles. The first-order valence-corrected chi connectivity index (χ1v) is 8.65. The monoisotopic (exact) mass is 356 g/mol. The van der Waals surface area contributed by atoms with Crippen molar-refractivity contribution in [1.29, 1.82) is 0 Å². The zero-order chi connectivity index (χ0) is 18.3. The van der Waals surface area contributed by atoms with Gasteiger partial charge < -0.3 is 19.7 Å². The van der Waals surface area contributed by atoms with Crippen molar-refractivity contribution < 1.29 is 14.3 Å². The lowest BCUT2D eigenvalue weighted by atomic mass is 10.2. The highest BCUT2D eigenvalue weighted by molar-refractivity contribution is 7.09. The molecule has 1 rings (SSSR count). The lowest BCUT2D eigenvalue weighted by molar-refractivity contribution is -0.153. The highest BCUT2D eigenvalue weighted by Gasteiger charge is 2.17. The quantitative estimate of drug-likeness (QED) is 0.478. The van der Waals surface area contributed by atoms with Gasteiger partial charge in [-0.15, -0.1) is 11.3 Å². The average Bonchev–Trinajstić information content (AvgIpc) is 2.93. The summed E-state index contributed by atoms with van der Waals surface area (Å²) in [4.78, 5) is 22.4. The second-order valence-electron chi connectivity index (χ2n) is 6.40. The maximum absolute atomic E-state index is 11.8. The molecule has 0 aromatic carbocycles. The SMILES string of the molecule is CN=C(NCC(=O)OC(C)(C)C)N(C)Cc1csc(C(C)OC)n1. The number of nitrogens with one attached hydrogen (secondary N) is 1. The summed E-state index contributed by atoms with van der Waals surface area (Å²) in [6.07, 6.45) is -0.0151. The molecule has 24 heavy (non-hydrogen) atoms. The minimum absolute atomic E-state index is 0.0151. The molecule has 0 aliphatic heterocycles. The number of aliphatic imine (C=N–C) groups is 1. The zero-order valence-corrected chi connectivity index (χ0v) is 16.4. The van der Waals surface area contributed by atoms with Crippen molar-refractivity contribution >= 4 is 23.3 Å². The van der Waals surface area contributed by atoms with Gasteiger partial charge in [0.05, 0.1) is 12.2 Å². The van der Waals surface area contributed by atoms with Crippen LogP contribution in [0.1, 0.15) is 44.5 Å². The molecule has 8 heteroatoms. The van der Waals surface area contributed by atoms with Gasteiger partial charge in [0.2, 0.25) is 0 Å². The third kappa shape index (κ3) is 6.84. The van der Waals surface area contributed by atoms with Crippen LogP contribution in [0.4, 0.5) is 0 Å². The molecule has 1 heterocycles. The molecule has 1 N–H and O–H groups in total. The molecular formula is C16H28N4O3S. The van der Waals surface area contributed by atoms with Crippen LogP contribution in [0.15, 0.2) is 10.4 Å². The molecule has 0 bridgehead atoms. The van der Waals surface area contributed by atoms with Gasteiger partial charge in [-0.1, -0.05) is 0 Å². The summed E-state index contributed by atoms with van der Waals surface area (Å²) < 4.78 is 10.5. The number of aromatic nitrogens is 1. The molecule has 1 aromatic rings. The van der Waals surface area contributed by atoms with Crippen molar-refractivity contribution in [3.05, 3.63) is 16.1 Å². The number of thiazole rings is 1. The summed E-state index contributed by atoms with van der Waals surface area (Å²) >= 11 is 1.57. The normalized spacial score (nSPS) is 13.5. The second-order valence-corrected chi connectivity index (χ2v) is 7.29. The predicted molar refractivity (Wildman–Crippen MR) is 96.2 cm³/mol. The fourth-order valence-corrected chi connectivity index (χ4v) is 2.76. The first kappa shape index (κ1) is 20.4. The Bertz CT molecular complexity index is 566. The van der Waals surface area contributed by atoms with E-state index in [1.807, 2.05) is 45.0 Å². The van der Waals surface area contributed by atoms with Gasteiger partial charge in [-0.25, -0.2) is 4.98 Å². The Balaban J connectivity index is 2.56. The number of nitrogens with zero attached hydrogens (tertiary/aromatic N) is 3. The van der Waals surface area contributed by atoms with Gasteiger partial charge in [0.15, 0.2) is 5.96 Å². The van der Waals surface area contributed by atoms with E-state index in [1.165, 1.54) is 0 Å². The number of esters is 1. The van der Waals surface area contributed by atoms with Crippen molar-refractivity contribution in [2.24, 2.45) is 4.99 Å². The van der Waals surface area contributed by atoms with Crippen LogP contribution >= 0.6 is 11.3 Å². The molecule has 0 aliphatic carbocycles. The van der Waals surface area contributed by atoms with E-state index in [2.05, 4.69) is 15.3 Å². The largest absolute Gasteiger partial charge is 0.459 e. The minimum Gasteiger partial charge on any atom is -0.459 e. The Hall–Kier alpha value is -1.67. The van der Waals surface area contributed by atoms with Crippen molar-refractivity contribution in [3.8, 4) is 0 Å². The number of guanidine groups is 1. The molecule has 0 aliphatic rings. The van der Waals surface area contributed by atoms with Crippen molar-refractivity contribution in [1.82, 2.24) is 15.2 Å². The van der Waals surface area contributed by atoms with Crippen LogP contribution < -0.4 is 5.32 Å². The summed E-state index contributed by atoms with van der Waals surface area (Å²) in [5, 5.41) is 5.95. The van der Waals surface area contributed by atoms with Crippen LogP contribution in [-0.2, 0) is 20.8 Å². The maximum Gasteiger partial charge on any atom is 0.325 e. The van der Waals surface area contributed by atoms with Crippen molar-refractivity contribution in [3.63, 3.8) is 0 Å². The van der Waals surface area contributed by atoms with Gasteiger partial charge in [0.25, 0.3) is 0 Å². The summed E-state index contributed by atoms with van der Waals surface area (Å²) in [6.45, 7) is 8.14. The van der Waals surface area contributed by atoms with E-state index in [1.54, 1.807) is 25.5 Å². The summed E-state index contributed by atoms with van der Waals surface area (Å²) in [7, 11) is 5.23. The zero-order valence-electron chi connectivity index (χ0n) is 15.5. The molecule has 0 radical (unpaired) electrons. The lowest BCUT2D eigenvalue weighted by Crippen LogP contribution is -2.42. The Morgan fingerprint density at radius 2 is 2.17 bits per heavy atom. The molecule has 1 atom stereocenters. The molecule has 0 saturated heterocycles. The fraction of sp³-hybridized carbons (Fsp3) is 0.688. The van der Waals surface area contributed by atoms with Gasteiger partial charge in [0.1, 0.15) is 23.3 Å². The van der Waals surface area contributed by atoms with Gasteiger partial charge in [-0.05, 0) is 27.7 Å². The van der Waals surface area contributed by atoms with Crippen LogP contribution in [0.2, 0.25) is 0 Å². The predicted octanol–water partition coefficient (Wildman–Crippen LogP) is 2.20. The van der Waals surface area contributed by atoms with E-state index in [9.17, 15) is 4.79 Å². The molecule has 1 aromatic heterocycles. The lowest BCUT2D eigenvalue weighted by Gasteiger charge is -2.23. The molecule has 0 amide bonds. The number of methoxy groups -OCH3 is 1. The van der Waals surface area contributed by atoms with Gasteiger partial charge in [-0.3, -0.25) is 9.79 Å². The van der Waals surface area contributed by atoms with Gasteiger partial charge in [-0.2, -0.15) is 0 Å². The number of ether oxygens (including phenoxy) is 2. The second kappa shape index (κ2) is 8.98. The number of carbonyl (C=O) groups is 1. The van der Waals surface area contributed by atoms with Crippen molar-refractivity contribution in [2.75, 3.05) is 27.7 Å². The molecule has 1 unspecified atom stereocenters. The summed E-state index contributed by atoms with van der Waals surface area (Å²) in [6, 6.07) is 0. The Kier molecular flexibility index (Phi) is 7.62. The first-order valence-electron chi connectivity index (χ1n) is 7.77. The molecular weight excluding hydrogens is 328 g/mol. The highest BCUT2D eigenvalue weighted by atomic mass is 32.1. The standard InChI is InChI=1S/C16H28N4O3S/c1-11(22-7)14-19-12(10-24-14)9-20(6)15(17-5)18-8-13(21)23-16(2,3)4/h10-11H,8-9H2,1-7H3,(H,17,18). The third-order valence-corrected chi connectivity index (χ3v) is 4.11. The number of rotatable bonds is 6. The maximum atomic E-state index is 11.8. The van der Waals surface area contributed by atoms with E-state index < -0.39 is 5.60 Å². The van der Waals surface area contributed by atoms with E-state index in [0.717, 1.165) is 10.7 Å². The Morgan fingerprint density at radius 1 is 1.50 bits per heavy atom. The smallest absolute Gasteiger partial charge is 0.325 e. The molecule has 7 nitrogen and oxygen atoms in total. The number of hydrogen-bond acceptors (Lipinski definition) is 6. The Morgan fingerprint density at radius 3 is 2.71 bits per heavy atom. The van der Waals surface area contributed by atoms with Crippen LogP contribution in [0, 0.1) is 0 Å². The van der Waals surface area contributed by atoms with E-state index >= 15 is 0 Å². The van der Waals surface area contributed by atoms with Crippen molar-refractivity contribution in [2.45, 2.75) is 45.9 Å². The topological polar surface area (TPSA) is 76.0 Å². The molecule has 136 valence electrons. The summed E-state index contributed by atoms with van der Waals surface area (Å²) in [5.74, 6) is 0.289. The number of hydrogen-bond donors (Lipinski definition) is 1. The van der Waals surface area contributed by atoms with Crippen LogP contribution in [-0.4, -0.2) is 55.2 Å². The Labute approximate surface area is 148 Å². The average molecular weight is 356 g/mol. The van der Waals surface area contributed by atoms with Gasteiger partial charge in [0, 0.05) is 26.6 Å². The van der Waals surface area contributed by atoms with Crippen LogP contribution in [0.3, 0.4) is 0 Å². The summed E-state index contributed by atoms with van der Waals surface area (Å²) in [5.41, 5.74) is 0.435. The van der Waals surface area contributed by atoms with E-state index in [-0.39, 0.29) is 18.6 Å². The van der Waals surface area contributed by atoms with E-state index in [4.69, 9.17) is 9.47 Å². The number of carbonyl (C=O) groups excluding carboxylic acids is 1. The third-order valence-electron chi connectivity index (χ3n) is 3.05. The molecule has 0 fully saturated rings. The molecule has 0 spiro atoms. The fourth-order valence-electron chi connectivity index (χ4n) is 1.91. The van der Waals surface area contributed by atoms with Crippen LogP contribution in [0.25, 0.3) is 0 Å². The van der Waals surface area contributed by atoms with Gasteiger partial charge >= 0.3 is 5.97 Å². The van der Waals surface area contributed by atoms with E-state index in [0.29, 0.717) is 12.5 Å². The first-order chi connectivity index (χ1) is 11.2. The van der Waals surface area contributed by atoms with Crippen LogP contribution in [0.5, 0.6) is 0 Å². The highest BCUT2D eigenvalue weighted by Crippen LogP contribution is 2.20.